The van der Waals surface area contributed by atoms with E-state index in [2.05, 4.69) is 23.0 Å². The minimum Gasteiger partial charge on any atom is -0.342 e. The van der Waals surface area contributed by atoms with Crippen LogP contribution in [0.15, 0.2) is 42.6 Å². The highest BCUT2D eigenvalue weighted by molar-refractivity contribution is 6.42. The van der Waals surface area contributed by atoms with Gasteiger partial charge in [-0.15, -0.1) is 0 Å². The zero-order valence-electron chi connectivity index (χ0n) is 16.6. The van der Waals surface area contributed by atoms with Gasteiger partial charge in [0.25, 0.3) is 0 Å². The van der Waals surface area contributed by atoms with E-state index in [0.717, 1.165) is 53.4 Å². The van der Waals surface area contributed by atoms with Gasteiger partial charge < -0.3 is 4.98 Å². The molecule has 0 saturated heterocycles. The molecule has 1 atom stereocenters. The van der Waals surface area contributed by atoms with Crippen LogP contribution in [0.4, 0.5) is 4.39 Å². The first kappa shape index (κ1) is 19.8. The summed E-state index contributed by atoms with van der Waals surface area (Å²) in [5, 5.41) is 2.00. The van der Waals surface area contributed by atoms with E-state index in [1.165, 1.54) is 11.6 Å². The fourth-order valence-corrected chi connectivity index (χ4v) is 5.21. The Morgan fingerprint density at radius 2 is 1.77 bits per heavy atom. The number of halogens is 3. The number of rotatable bonds is 3. The number of H-pyrrole nitrogens is 1. The molecule has 2 aromatic carbocycles. The first-order valence-electron chi connectivity index (χ1n) is 10.4. The highest BCUT2D eigenvalue weighted by Gasteiger charge is 2.29. The Morgan fingerprint density at radius 3 is 2.57 bits per heavy atom. The fraction of sp³-hybridized carbons (Fsp3) is 0.333. The summed E-state index contributed by atoms with van der Waals surface area (Å²) >= 11 is 12.3. The third-order valence-electron chi connectivity index (χ3n) is 6.63. The van der Waals surface area contributed by atoms with Crippen molar-refractivity contribution in [3.63, 3.8) is 0 Å². The van der Waals surface area contributed by atoms with Gasteiger partial charge in [0, 0.05) is 17.5 Å². The lowest BCUT2D eigenvalue weighted by Gasteiger charge is -2.32. The Labute approximate surface area is 184 Å². The molecule has 6 heteroatoms. The Morgan fingerprint density at radius 1 is 1.00 bits per heavy atom. The fourth-order valence-electron chi connectivity index (χ4n) is 4.89. The predicted octanol–water partition coefficient (Wildman–Crippen LogP) is 7.63. The van der Waals surface area contributed by atoms with Crippen LogP contribution in [0, 0.1) is 11.7 Å². The molecule has 0 unspecified atom stereocenters. The molecular weight excluding hydrogens is 420 g/mol. The predicted molar refractivity (Wildman–Crippen MR) is 121 cm³/mol. The molecule has 1 aliphatic rings. The molecule has 0 amide bonds. The molecule has 1 N–H and O–H groups in total. The van der Waals surface area contributed by atoms with E-state index in [9.17, 15) is 4.39 Å². The van der Waals surface area contributed by atoms with Crippen LogP contribution >= 0.6 is 23.2 Å². The van der Waals surface area contributed by atoms with E-state index in [1.807, 2.05) is 18.3 Å². The third-order valence-corrected chi connectivity index (χ3v) is 7.35. The zero-order valence-corrected chi connectivity index (χ0v) is 18.1. The van der Waals surface area contributed by atoms with Crippen LogP contribution in [0.25, 0.3) is 21.9 Å². The van der Waals surface area contributed by atoms with Crippen molar-refractivity contribution in [1.29, 1.82) is 0 Å². The van der Waals surface area contributed by atoms with Gasteiger partial charge in [0.1, 0.15) is 11.6 Å². The Bertz CT molecular complexity index is 1190. The second-order valence-electron chi connectivity index (χ2n) is 8.37. The molecule has 0 radical (unpaired) electrons. The van der Waals surface area contributed by atoms with Crippen molar-refractivity contribution in [1.82, 2.24) is 15.0 Å². The zero-order chi connectivity index (χ0) is 20.8. The number of aromatic nitrogens is 3. The first-order chi connectivity index (χ1) is 14.5. The molecule has 30 heavy (non-hydrogen) atoms. The number of benzene rings is 2. The van der Waals surface area contributed by atoms with Gasteiger partial charge >= 0.3 is 0 Å². The largest absolute Gasteiger partial charge is 0.342 e. The quantitative estimate of drug-likeness (QED) is 0.354. The Hall–Kier alpha value is -2.17. The molecule has 0 spiro atoms. The summed E-state index contributed by atoms with van der Waals surface area (Å²) in [7, 11) is 0. The van der Waals surface area contributed by atoms with Crippen LogP contribution in [0.3, 0.4) is 0 Å². The molecule has 154 valence electrons. The highest BCUT2D eigenvalue weighted by Crippen LogP contribution is 2.43. The Kier molecular flexibility index (Phi) is 5.16. The molecule has 2 aromatic heterocycles. The number of pyridine rings is 1. The van der Waals surface area contributed by atoms with Crippen LogP contribution in [-0.4, -0.2) is 15.0 Å². The summed E-state index contributed by atoms with van der Waals surface area (Å²) < 4.78 is 13.8. The molecular formula is C24H22Cl2FN3. The number of hydrogen-bond donors (Lipinski definition) is 1. The minimum atomic E-state index is -0.204. The lowest BCUT2D eigenvalue weighted by Crippen LogP contribution is -2.19. The smallest absolute Gasteiger partial charge is 0.123 e. The number of nitrogens with one attached hydrogen (secondary N) is 1. The van der Waals surface area contributed by atoms with E-state index >= 15 is 0 Å². The summed E-state index contributed by atoms with van der Waals surface area (Å²) in [6.45, 7) is 2.24. The molecule has 5 rings (SSSR count). The number of fused-ring (bicyclic) bond motifs is 2. The van der Waals surface area contributed by atoms with Crippen molar-refractivity contribution < 1.29 is 4.39 Å². The van der Waals surface area contributed by atoms with Gasteiger partial charge in [0.05, 0.1) is 26.6 Å². The van der Waals surface area contributed by atoms with Crippen LogP contribution in [0.2, 0.25) is 10.0 Å². The molecule has 1 aliphatic carbocycles. The summed E-state index contributed by atoms with van der Waals surface area (Å²) in [5.74, 6) is 2.10. The SMILES string of the molecule is C[C@H](c1nc2cc(Cl)c(Cl)cc2[nH]1)C1CCC(c2ccnc3ccc(F)cc23)CC1. The highest BCUT2D eigenvalue weighted by atomic mass is 35.5. The van der Waals surface area contributed by atoms with Crippen molar-refractivity contribution in [2.75, 3.05) is 0 Å². The van der Waals surface area contributed by atoms with Gasteiger partial charge in [0.15, 0.2) is 0 Å². The number of imidazole rings is 1. The maximum atomic E-state index is 13.8. The molecule has 0 aliphatic heterocycles. The lowest BCUT2D eigenvalue weighted by atomic mass is 9.73. The van der Waals surface area contributed by atoms with Gasteiger partial charge in [-0.05, 0) is 79.5 Å². The molecule has 1 fully saturated rings. The van der Waals surface area contributed by atoms with Gasteiger partial charge in [-0.2, -0.15) is 0 Å². The van der Waals surface area contributed by atoms with E-state index < -0.39 is 0 Å². The van der Waals surface area contributed by atoms with E-state index in [1.54, 1.807) is 12.1 Å². The minimum absolute atomic E-state index is 0.204. The first-order valence-corrected chi connectivity index (χ1v) is 11.1. The monoisotopic (exact) mass is 441 g/mol. The third kappa shape index (κ3) is 3.57. The number of aromatic amines is 1. The van der Waals surface area contributed by atoms with Gasteiger partial charge in [-0.3, -0.25) is 4.98 Å². The van der Waals surface area contributed by atoms with Crippen LogP contribution in [-0.2, 0) is 0 Å². The summed E-state index contributed by atoms with van der Waals surface area (Å²) in [5.41, 5.74) is 3.86. The van der Waals surface area contributed by atoms with Gasteiger partial charge in [-0.25, -0.2) is 9.37 Å². The molecule has 1 saturated carbocycles. The summed E-state index contributed by atoms with van der Waals surface area (Å²) in [4.78, 5) is 12.6. The van der Waals surface area contributed by atoms with Crippen molar-refractivity contribution in [3.8, 4) is 0 Å². The number of hydrogen-bond acceptors (Lipinski definition) is 2. The molecule has 2 heterocycles. The average molecular weight is 442 g/mol. The molecule has 4 aromatic rings. The van der Waals surface area contributed by atoms with Crippen LogP contribution in [0.5, 0.6) is 0 Å². The van der Waals surface area contributed by atoms with Crippen molar-refractivity contribution in [3.05, 3.63) is 69.8 Å². The van der Waals surface area contributed by atoms with E-state index in [4.69, 9.17) is 28.2 Å². The number of nitrogens with zero attached hydrogens (tertiary/aromatic N) is 2. The lowest BCUT2D eigenvalue weighted by molar-refractivity contribution is 0.286. The summed E-state index contributed by atoms with van der Waals surface area (Å²) in [6.07, 6.45) is 6.24. The summed E-state index contributed by atoms with van der Waals surface area (Å²) in [6, 6.07) is 10.6. The van der Waals surface area contributed by atoms with E-state index in [0.29, 0.717) is 27.8 Å². The maximum Gasteiger partial charge on any atom is 0.123 e. The van der Waals surface area contributed by atoms with Crippen molar-refractivity contribution >= 4 is 45.1 Å². The van der Waals surface area contributed by atoms with Crippen molar-refractivity contribution in [2.45, 2.75) is 44.4 Å². The van der Waals surface area contributed by atoms with Gasteiger partial charge in [-0.1, -0.05) is 30.1 Å². The normalized spacial score (nSPS) is 20.7. The molecule has 3 nitrogen and oxygen atoms in total. The Balaban J connectivity index is 1.34. The second-order valence-corrected chi connectivity index (χ2v) is 9.18. The second kappa shape index (κ2) is 7.82. The van der Waals surface area contributed by atoms with Crippen LogP contribution in [0.1, 0.15) is 55.8 Å². The van der Waals surface area contributed by atoms with Crippen molar-refractivity contribution in [2.24, 2.45) is 5.92 Å². The van der Waals surface area contributed by atoms with E-state index in [-0.39, 0.29) is 5.82 Å². The molecule has 0 bridgehead atoms. The van der Waals surface area contributed by atoms with Gasteiger partial charge in [0.2, 0.25) is 0 Å². The van der Waals surface area contributed by atoms with Crippen LogP contribution < -0.4 is 0 Å². The standard InChI is InChI=1S/C24H22Cl2FN3/c1-13(24-29-22-11-19(25)20(26)12-23(22)30-24)14-2-4-15(5-3-14)17-8-9-28-21-7-6-16(27)10-18(17)21/h6-15H,2-5H2,1H3,(H,29,30)/t13-,14?,15?/m0/s1. The average Bonchev–Trinajstić information content (AvgIpc) is 3.16. The topological polar surface area (TPSA) is 41.6 Å². The maximum absolute atomic E-state index is 13.8.